The maximum Gasteiger partial charge on any atom is 0.182 e. The maximum atomic E-state index is 14.2. The molecule has 5 rings (SSSR count). The first kappa shape index (κ1) is 16.1. The Labute approximate surface area is 152 Å². The molecular weight excluding hydrogens is 354 g/mol. The highest BCUT2D eigenvalue weighted by Crippen LogP contribution is 2.48. The number of aromatic nitrogens is 4. The third-order valence-corrected chi connectivity index (χ3v) is 4.92. The van der Waals surface area contributed by atoms with Crippen molar-refractivity contribution in [2.24, 2.45) is 0 Å². The molecule has 0 unspecified atom stereocenters. The van der Waals surface area contributed by atoms with Gasteiger partial charge in [0.05, 0.1) is 0 Å². The predicted molar refractivity (Wildman–Crippen MR) is 91.8 cm³/mol. The van der Waals surface area contributed by atoms with Crippen LogP contribution in [-0.2, 0) is 10.3 Å². The zero-order chi connectivity index (χ0) is 18.6. The summed E-state index contributed by atoms with van der Waals surface area (Å²) in [5.74, 6) is -0.0789. The highest BCUT2D eigenvalue weighted by molar-refractivity contribution is 5.77. The van der Waals surface area contributed by atoms with Gasteiger partial charge in [0.15, 0.2) is 23.6 Å². The number of rotatable bonds is 4. The molecule has 3 heterocycles. The van der Waals surface area contributed by atoms with Crippen LogP contribution in [0.25, 0.3) is 28.2 Å². The molecule has 1 aromatic carbocycles. The van der Waals surface area contributed by atoms with Crippen LogP contribution in [0.2, 0.25) is 0 Å². The summed E-state index contributed by atoms with van der Waals surface area (Å²) < 4.78 is 40.8. The van der Waals surface area contributed by atoms with Crippen molar-refractivity contribution in [1.29, 1.82) is 0 Å². The third-order valence-electron chi connectivity index (χ3n) is 4.92. The molecule has 27 heavy (non-hydrogen) atoms. The summed E-state index contributed by atoms with van der Waals surface area (Å²) in [5, 5.41) is 8.44. The number of nitrogens with zero attached hydrogens (tertiary/aromatic N) is 4. The molecule has 0 aliphatic heterocycles. The SMILES string of the molecule is COC1(c2nnc3ccc(-c4ocnc4-c4cc(F)ccc4F)cn23)CC1. The fourth-order valence-electron chi connectivity index (χ4n) is 3.29. The summed E-state index contributed by atoms with van der Waals surface area (Å²) in [5.41, 5.74) is 1.16. The van der Waals surface area contributed by atoms with Gasteiger partial charge in [-0.3, -0.25) is 4.40 Å². The van der Waals surface area contributed by atoms with E-state index in [1.165, 1.54) is 6.39 Å². The van der Waals surface area contributed by atoms with Crippen molar-refractivity contribution in [2.45, 2.75) is 18.4 Å². The van der Waals surface area contributed by atoms with Gasteiger partial charge in [0.1, 0.15) is 22.9 Å². The van der Waals surface area contributed by atoms with E-state index in [1.54, 1.807) is 25.4 Å². The molecular formula is C19H14F2N4O2. The lowest BCUT2D eigenvalue weighted by atomic mass is 10.1. The molecule has 1 saturated carbocycles. The van der Waals surface area contributed by atoms with Crippen molar-refractivity contribution in [3.63, 3.8) is 0 Å². The first-order valence-corrected chi connectivity index (χ1v) is 8.41. The van der Waals surface area contributed by atoms with Gasteiger partial charge in [0.2, 0.25) is 0 Å². The molecule has 8 heteroatoms. The summed E-state index contributed by atoms with van der Waals surface area (Å²) >= 11 is 0. The number of ether oxygens (including phenoxy) is 1. The van der Waals surface area contributed by atoms with Gasteiger partial charge in [-0.05, 0) is 43.2 Å². The van der Waals surface area contributed by atoms with Gasteiger partial charge < -0.3 is 9.15 Å². The lowest BCUT2D eigenvalue weighted by Crippen LogP contribution is -2.13. The van der Waals surface area contributed by atoms with Crippen molar-refractivity contribution >= 4 is 5.65 Å². The second-order valence-corrected chi connectivity index (χ2v) is 6.52. The molecule has 0 radical (unpaired) electrons. The number of pyridine rings is 1. The first-order valence-electron chi connectivity index (χ1n) is 8.41. The number of benzene rings is 1. The van der Waals surface area contributed by atoms with Crippen molar-refractivity contribution in [3.8, 4) is 22.6 Å². The van der Waals surface area contributed by atoms with Crippen molar-refractivity contribution in [3.05, 3.63) is 60.4 Å². The number of fused-ring (bicyclic) bond motifs is 1. The van der Waals surface area contributed by atoms with Crippen molar-refractivity contribution in [1.82, 2.24) is 19.6 Å². The summed E-state index contributed by atoms with van der Waals surface area (Å²) in [4.78, 5) is 4.09. The standard InChI is InChI=1S/C19H14F2N4O2/c1-26-19(6-7-19)18-24-23-15-5-2-11(9-25(15)18)17-16(22-10-27-17)13-8-12(20)3-4-14(13)21/h2-5,8-10H,6-7H2,1H3. The van der Waals surface area contributed by atoms with Crippen LogP contribution in [0.5, 0.6) is 0 Å². The quantitative estimate of drug-likeness (QED) is 0.545. The van der Waals surface area contributed by atoms with E-state index in [4.69, 9.17) is 9.15 Å². The third kappa shape index (κ3) is 2.44. The fourth-order valence-corrected chi connectivity index (χ4v) is 3.29. The van der Waals surface area contributed by atoms with Gasteiger partial charge in [-0.15, -0.1) is 10.2 Å². The fraction of sp³-hybridized carbons (Fsp3) is 0.211. The zero-order valence-electron chi connectivity index (χ0n) is 14.3. The van der Waals surface area contributed by atoms with E-state index in [2.05, 4.69) is 15.2 Å². The van der Waals surface area contributed by atoms with Crippen LogP contribution in [0, 0.1) is 11.6 Å². The lowest BCUT2D eigenvalue weighted by molar-refractivity contribution is 0.0702. The van der Waals surface area contributed by atoms with Crippen molar-refractivity contribution in [2.75, 3.05) is 7.11 Å². The Morgan fingerprint density at radius 2 is 2.00 bits per heavy atom. The Hall–Kier alpha value is -3.13. The minimum Gasteiger partial charge on any atom is -0.443 e. The Morgan fingerprint density at radius 3 is 2.78 bits per heavy atom. The number of hydrogen-bond donors (Lipinski definition) is 0. The number of hydrogen-bond acceptors (Lipinski definition) is 5. The summed E-state index contributed by atoms with van der Waals surface area (Å²) in [6.07, 6.45) is 4.75. The molecule has 0 atom stereocenters. The number of halogens is 2. The molecule has 1 aliphatic carbocycles. The van der Waals surface area contributed by atoms with E-state index >= 15 is 0 Å². The van der Waals surface area contributed by atoms with Crippen molar-refractivity contribution < 1.29 is 17.9 Å². The molecule has 4 aromatic rings. The second kappa shape index (κ2) is 5.68. The molecule has 0 spiro atoms. The maximum absolute atomic E-state index is 14.2. The van der Waals surface area contributed by atoms with Gasteiger partial charge in [-0.2, -0.15) is 0 Å². The van der Waals surface area contributed by atoms with Gasteiger partial charge in [-0.25, -0.2) is 13.8 Å². The highest BCUT2D eigenvalue weighted by atomic mass is 19.1. The van der Waals surface area contributed by atoms with Gasteiger partial charge in [0, 0.05) is 24.4 Å². The minimum absolute atomic E-state index is 0.0402. The molecule has 1 fully saturated rings. The molecule has 6 nitrogen and oxygen atoms in total. The molecule has 3 aromatic heterocycles. The average molecular weight is 368 g/mol. The van der Waals surface area contributed by atoms with E-state index in [0.29, 0.717) is 22.8 Å². The number of methoxy groups -OCH3 is 1. The molecule has 136 valence electrons. The predicted octanol–water partition coefficient (Wildman–Crippen LogP) is 3.97. The van der Waals surface area contributed by atoms with E-state index in [-0.39, 0.29) is 11.3 Å². The van der Waals surface area contributed by atoms with Gasteiger partial charge in [-0.1, -0.05) is 0 Å². The summed E-state index contributed by atoms with van der Waals surface area (Å²) in [7, 11) is 1.65. The second-order valence-electron chi connectivity index (χ2n) is 6.52. The molecule has 0 bridgehead atoms. The topological polar surface area (TPSA) is 65.5 Å². The molecule has 0 N–H and O–H groups in total. The van der Waals surface area contributed by atoms with Crippen LogP contribution in [0.15, 0.2) is 47.3 Å². The Morgan fingerprint density at radius 1 is 1.15 bits per heavy atom. The van der Waals surface area contributed by atoms with E-state index in [9.17, 15) is 8.78 Å². The van der Waals surface area contributed by atoms with Crippen LogP contribution >= 0.6 is 0 Å². The molecule has 1 aliphatic rings. The van der Waals surface area contributed by atoms with Crippen LogP contribution in [0.4, 0.5) is 8.78 Å². The van der Waals surface area contributed by atoms with Gasteiger partial charge in [0.25, 0.3) is 0 Å². The molecule has 0 amide bonds. The monoisotopic (exact) mass is 368 g/mol. The van der Waals surface area contributed by atoms with Crippen LogP contribution in [0.1, 0.15) is 18.7 Å². The zero-order valence-corrected chi connectivity index (χ0v) is 14.3. The van der Waals surface area contributed by atoms with Gasteiger partial charge >= 0.3 is 0 Å². The normalized spacial score (nSPS) is 15.4. The minimum atomic E-state index is -0.575. The Kier molecular flexibility index (Phi) is 3.38. The van der Waals surface area contributed by atoms with E-state index < -0.39 is 17.2 Å². The molecule has 0 saturated heterocycles. The Bertz CT molecular complexity index is 1160. The van der Waals surface area contributed by atoms with Crippen LogP contribution in [0.3, 0.4) is 0 Å². The number of oxazole rings is 1. The smallest absolute Gasteiger partial charge is 0.182 e. The average Bonchev–Trinajstić information content (AvgIpc) is 3.13. The highest BCUT2D eigenvalue weighted by Gasteiger charge is 2.49. The van der Waals surface area contributed by atoms with Crippen LogP contribution < -0.4 is 0 Å². The summed E-state index contributed by atoms with van der Waals surface area (Å²) in [6.45, 7) is 0. The van der Waals surface area contributed by atoms with E-state index in [1.807, 2.05) is 4.40 Å². The Balaban J connectivity index is 1.66. The summed E-state index contributed by atoms with van der Waals surface area (Å²) in [6, 6.07) is 6.80. The van der Waals surface area contributed by atoms with Crippen LogP contribution in [-0.4, -0.2) is 26.7 Å². The lowest BCUT2D eigenvalue weighted by Gasteiger charge is -2.11. The van der Waals surface area contributed by atoms with E-state index in [0.717, 1.165) is 31.0 Å². The first-order chi connectivity index (χ1) is 13.1. The largest absolute Gasteiger partial charge is 0.443 e.